The van der Waals surface area contributed by atoms with Gasteiger partial charge < -0.3 is 15.3 Å². The third kappa shape index (κ3) is 4.24. The molecule has 23 heavy (non-hydrogen) atoms. The molecule has 130 valence electrons. The maximum atomic E-state index is 12.4. The molecule has 2 rings (SSSR count). The van der Waals surface area contributed by atoms with Gasteiger partial charge in [-0.15, -0.1) is 0 Å². The fourth-order valence-corrected chi connectivity index (χ4v) is 3.39. The molecule has 1 heterocycles. The van der Waals surface area contributed by atoms with Crippen molar-refractivity contribution in [3.8, 4) is 0 Å². The molecule has 0 radical (unpaired) electrons. The van der Waals surface area contributed by atoms with Crippen molar-refractivity contribution in [3.05, 3.63) is 0 Å². The lowest BCUT2D eigenvalue weighted by atomic mass is 9.66. The van der Waals surface area contributed by atoms with Crippen LogP contribution in [0.25, 0.3) is 0 Å². The van der Waals surface area contributed by atoms with Gasteiger partial charge in [0.15, 0.2) is 0 Å². The van der Waals surface area contributed by atoms with Crippen LogP contribution in [0.5, 0.6) is 0 Å². The topological polar surface area (TPSA) is 86.7 Å². The minimum absolute atomic E-state index is 0.0203. The molecule has 2 amide bonds. The van der Waals surface area contributed by atoms with Crippen molar-refractivity contribution in [3.63, 3.8) is 0 Å². The monoisotopic (exact) mass is 324 g/mol. The van der Waals surface area contributed by atoms with Crippen LogP contribution in [0.4, 0.5) is 0 Å². The predicted octanol–water partition coefficient (Wildman–Crippen LogP) is 1.79. The maximum Gasteiger partial charge on any atom is 0.310 e. The molecule has 0 aromatic heterocycles. The van der Waals surface area contributed by atoms with Gasteiger partial charge in [-0.3, -0.25) is 14.4 Å². The van der Waals surface area contributed by atoms with Crippen molar-refractivity contribution in [2.24, 2.45) is 11.3 Å². The van der Waals surface area contributed by atoms with E-state index in [-0.39, 0.29) is 24.2 Å². The van der Waals surface area contributed by atoms with Crippen LogP contribution in [0.3, 0.4) is 0 Å². The minimum atomic E-state index is -0.845. The number of aliphatic carboxylic acids is 1. The fourth-order valence-electron chi connectivity index (χ4n) is 3.39. The van der Waals surface area contributed by atoms with Crippen LogP contribution in [0.15, 0.2) is 0 Å². The van der Waals surface area contributed by atoms with E-state index in [0.29, 0.717) is 38.8 Å². The molecule has 0 unspecified atom stereocenters. The van der Waals surface area contributed by atoms with Gasteiger partial charge in [0.25, 0.3) is 0 Å². The number of carbonyl (C=O) groups excluding carboxylic acids is 2. The van der Waals surface area contributed by atoms with E-state index in [4.69, 9.17) is 0 Å². The van der Waals surface area contributed by atoms with E-state index in [1.807, 2.05) is 0 Å². The molecule has 1 aliphatic carbocycles. The van der Waals surface area contributed by atoms with E-state index < -0.39 is 11.4 Å². The van der Waals surface area contributed by atoms with E-state index in [9.17, 15) is 19.5 Å². The third-order valence-electron chi connectivity index (χ3n) is 5.30. The van der Waals surface area contributed by atoms with E-state index in [1.165, 1.54) is 0 Å². The molecule has 6 nitrogen and oxygen atoms in total. The molecule has 2 N–H and O–H groups in total. The van der Waals surface area contributed by atoms with Gasteiger partial charge in [-0.1, -0.05) is 19.8 Å². The Hall–Kier alpha value is -1.59. The fraction of sp³-hybridized carbons (Fsp3) is 0.824. The van der Waals surface area contributed by atoms with Crippen LogP contribution in [0, 0.1) is 11.3 Å². The Kier molecular flexibility index (Phi) is 6.02. The van der Waals surface area contributed by atoms with Crippen molar-refractivity contribution >= 4 is 17.8 Å². The second-order valence-electron chi connectivity index (χ2n) is 6.92. The summed E-state index contributed by atoms with van der Waals surface area (Å²) in [6.07, 6.45) is 5.58. The molecule has 1 saturated heterocycles. The van der Waals surface area contributed by atoms with Crippen LogP contribution in [-0.2, 0) is 14.4 Å². The first-order chi connectivity index (χ1) is 11.0. The number of rotatable bonds is 7. The number of nitrogens with zero attached hydrogens (tertiary/aromatic N) is 1. The molecular formula is C17H28N2O4. The second kappa shape index (κ2) is 7.79. The zero-order chi connectivity index (χ0) is 16.9. The number of nitrogens with one attached hydrogen (secondary N) is 1. The Morgan fingerprint density at radius 2 is 1.87 bits per heavy atom. The Bertz CT molecular complexity index is 452. The van der Waals surface area contributed by atoms with E-state index in [0.717, 1.165) is 25.8 Å². The van der Waals surface area contributed by atoms with Gasteiger partial charge >= 0.3 is 5.97 Å². The number of likely N-dealkylation sites (tertiary alicyclic amines) is 1. The first kappa shape index (κ1) is 17.8. The average Bonchev–Trinajstić information content (AvgIpc) is 2.50. The lowest BCUT2D eigenvalue weighted by Crippen LogP contribution is -2.47. The first-order valence-electron chi connectivity index (χ1n) is 8.77. The normalized spacial score (nSPS) is 20.7. The largest absolute Gasteiger partial charge is 0.481 e. The Labute approximate surface area is 137 Å². The van der Waals surface area contributed by atoms with E-state index in [2.05, 4.69) is 12.2 Å². The standard InChI is InChI=1S/C17H28N2O4/c1-2-3-9-18-15(21)13-5-10-19(11-6-13)14(20)12-17(16(22)23)7-4-8-17/h13H,2-12H2,1H3,(H,18,21)(H,22,23). The Morgan fingerprint density at radius 3 is 2.35 bits per heavy atom. The zero-order valence-electron chi connectivity index (χ0n) is 14.0. The van der Waals surface area contributed by atoms with Crippen molar-refractivity contribution in [2.75, 3.05) is 19.6 Å². The Morgan fingerprint density at radius 1 is 1.22 bits per heavy atom. The molecule has 0 aromatic rings. The van der Waals surface area contributed by atoms with E-state index >= 15 is 0 Å². The summed E-state index contributed by atoms with van der Waals surface area (Å²) in [5, 5.41) is 12.3. The van der Waals surface area contributed by atoms with Crippen molar-refractivity contribution < 1.29 is 19.5 Å². The summed E-state index contributed by atoms with van der Waals surface area (Å²) in [5.74, 6) is -0.848. The molecular weight excluding hydrogens is 296 g/mol. The van der Waals surface area contributed by atoms with Crippen LogP contribution < -0.4 is 5.32 Å². The summed E-state index contributed by atoms with van der Waals surface area (Å²) < 4.78 is 0. The molecule has 0 atom stereocenters. The van der Waals surface area contributed by atoms with Crippen LogP contribution in [0.1, 0.15) is 58.3 Å². The number of carboxylic acid groups (broad SMARTS) is 1. The Balaban J connectivity index is 1.76. The molecule has 1 saturated carbocycles. The molecule has 0 aromatic carbocycles. The highest BCUT2D eigenvalue weighted by atomic mass is 16.4. The molecule has 0 spiro atoms. The second-order valence-corrected chi connectivity index (χ2v) is 6.92. The number of hydrogen-bond acceptors (Lipinski definition) is 3. The SMILES string of the molecule is CCCCNC(=O)C1CCN(C(=O)CC2(C(=O)O)CCC2)CC1. The first-order valence-corrected chi connectivity index (χ1v) is 8.77. The predicted molar refractivity (Wildman–Crippen MR) is 85.8 cm³/mol. The zero-order valence-corrected chi connectivity index (χ0v) is 14.0. The van der Waals surface area contributed by atoms with E-state index in [1.54, 1.807) is 4.90 Å². The van der Waals surface area contributed by atoms with Gasteiger partial charge in [-0.05, 0) is 32.1 Å². The van der Waals surface area contributed by atoms with Crippen LogP contribution >= 0.6 is 0 Å². The molecule has 2 aliphatic rings. The van der Waals surface area contributed by atoms with Gasteiger partial charge in [-0.25, -0.2) is 0 Å². The van der Waals surface area contributed by atoms with Gasteiger partial charge in [0, 0.05) is 32.0 Å². The smallest absolute Gasteiger partial charge is 0.310 e. The lowest BCUT2D eigenvalue weighted by Gasteiger charge is -2.39. The summed E-state index contributed by atoms with van der Waals surface area (Å²) in [7, 11) is 0. The lowest BCUT2D eigenvalue weighted by molar-refractivity contribution is -0.160. The van der Waals surface area contributed by atoms with Gasteiger partial charge in [0.05, 0.1) is 5.41 Å². The highest BCUT2D eigenvalue weighted by Gasteiger charge is 2.46. The van der Waals surface area contributed by atoms with Crippen molar-refractivity contribution in [1.29, 1.82) is 0 Å². The number of hydrogen-bond donors (Lipinski definition) is 2. The highest BCUT2D eigenvalue weighted by molar-refractivity contribution is 5.86. The number of carboxylic acids is 1. The van der Waals surface area contributed by atoms with Crippen LogP contribution in [-0.4, -0.2) is 47.4 Å². The number of carbonyl (C=O) groups is 3. The summed E-state index contributed by atoms with van der Waals surface area (Å²) in [6, 6.07) is 0. The van der Waals surface area contributed by atoms with Crippen LogP contribution in [0.2, 0.25) is 0 Å². The molecule has 2 fully saturated rings. The minimum Gasteiger partial charge on any atom is -0.481 e. The summed E-state index contributed by atoms with van der Waals surface area (Å²) in [4.78, 5) is 37.5. The summed E-state index contributed by atoms with van der Waals surface area (Å²) in [5.41, 5.74) is -0.828. The van der Waals surface area contributed by atoms with Gasteiger partial charge in [0.2, 0.25) is 11.8 Å². The number of amides is 2. The van der Waals surface area contributed by atoms with Crippen molar-refractivity contribution in [2.45, 2.75) is 58.3 Å². The molecule has 0 bridgehead atoms. The number of piperidine rings is 1. The highest BCUT2D eigenvalue weighted by Crippen LogP contribution is 2.44. The molecule has 6 heteroatoms. The third-order valence-corrected chi connectivity index (χ3v) is 5.30. The summed E-state index contributed by atoms with van der Waals surface area (Å²) >= 11 is 0. The summed E-state index contributed by atoms with van der Waals surface area (Å²) in [6.45, 7) is 3.92. The van der Waals surface area contributed by atoms with Gasteiger partial charge in [-0.2, -0.15) is 0 Å². The van der Waals surface area contributed by atoms with Gasteiger partial charge in [0.1, 0.15) is 0 Å². The average molecular weight is 324 g/mol. The van der Waals surface area contributed by atoms with Crippen molar-refractivity contribution in [1.82, 2.24) is 10.2 Å². The maximum absolute atomic E-state index is 12.4. The molecule has 1 aliphatic heterocycles. The quantitative estimate of drug-likeness (QED) is 0.699. The number of unbranched alkanes of at least 4 members (excludes halogenated alkanes) is 1.